The number of nitrogens with zero attached hydrogens (tertiary/aromatic N) is 1. The summed E-state index contributed by atoms with van der Waals surface area (Å²) in [5.41, 5.74) is 8.86. The summed E-state index contributed by atoms with van der Waals surface area (Å²) in [4.78, 5) is 2.24. The molecule has 3 N–H and O–H groups in total. The van der Waals surface area contributed by atoms with Crippen LogP contribution in [0.25, 0.3) is 0 Å². The second-order valence-corrected chi connectivity index (χ2v) is 4.30. The number of methoxy groups -OCH3 is 1. The van der Waals surface area contributed by atoms with Crippen molar-refractivity contribution in [3.05, 3.63) is 23.8 Å². The van der Waals surface area contributed by atoms with E-state index in [4.69, 9.17) is 10.5 Å². The van der Waals surface area contributed by atoms with Gasteiger partial charge in [-0.1, -0.05) is 0 Å². The van der Waals surface area contributed by atoms with Gasteiger partial charge in [-0.3, -0.25) is 0 Å². The quantitative estimate of drug-likeness (QED) is 0.707. The van der Waals surface area contributed by atoms with Crippen molar-refractivity contribution in [2.45, 2.75) is 6.92 Å². The fraction of sp³-hybridized carbons (Fsp3) is 0.538. The smallest absolute Gasteiger partial charge is 0.0589 e. The number of anilines is 2. The van der Waals surface area contributed by atoms with E-state index in [1.165, 1.54) is 5.56 Å². The zero-order valence-corrected chi connectivity index (χ0v) is 11.0. The molecule has 0 bridgehead atoms. The molecule has 4 heteroatoms. The molecule has 0 fully saturated rings. The maximum atomic E-state index is 5.71. The molecule has 0 saturated carbocycles. The van der Waals surface area contributed by atoms with Gasteiger partial charge in [0.15, 0.2) is 0 Å². The third kappa shape index (κ3) is 5.06. The largest absolute Gasteiger partial charge is 0.399 e. The highest BCUT2D eigenvalue weighted by atomic mass is 16.5. The van der Waals surface area contributed by atoms with E-state index in [1.54, 1.807) is 7.11 Å². The lowest BCUT2D eigenvalue weighted by Crippen LogP contribution is -2.28. The van der Waals surface area contributed by atoms with Gasteiger partial charge >= 0.3 is 0 Å². The fourth-order valence-electron chi connectivity index (χ4n) is 1.63. The number of benzene rings is 1. The van der Waals surface area contributed by atoms with E-state index in [1.807, 2.05) is 18.2 Å². The molecular weight excluding hydrogens is 214 g/mol. The Kier molecular flexibility index (Phi) is 5.80. The monoisotopic (exact) mass is 237 g/mol. The molecular formula is C13H23N3O. The number of rotatable bonds is 7. The van der Waals surface area contributed by atoms with Crippen LogP contribution in [0.1, 0.15) is 5.56 Å². The Hall–Kier alpha value is -1.26. The van der Waals surface area contributed by atoms with Crippen molar-refractivity contribution in [2.75, 3.05) is 51.4 Å². The normalized spacial score (nSPS) is 10.8. The highest BCUT2D eigenvalue weighted by molar-refractivity contribution is 5.57. The molecule has 17 heavy (non-hydrogen) atoms. The number of nitrogens with one attached hydrogen (secondary N) is 1. The van der Waals surface area contributed by atoms with Gasteiger partial charge in [-0.25, -0.2) is 0 Å². The van der Waals surface area contributed by atoms with E-state index in [0.717, 1.165) is 37.6 Å². The van der Waals surface area contributed by atoms with Gasteiger partial charge in [-0.05, 0) is 37.7 Å². The average Bonchev–Trinajstić information content (AvgIpc) is 2.29. The second-order valence-electron chi connectivity index (χ2n) is 4.30. The lowest BCUT2D eigenvalue weighted by Gasteiger charge is -2.17. The average molecular weight is 237 g/mol. The van der Waals surface area contributed by atoms with Gasteiger partial charge in [0.25, 0.3) is 0 Å². The Balaban J connectivity index is 2.30. The number of hydrogen-bond acceptors (Lipinski definition) is 4. The van der Waals surface area contributed by atoms with Crippen molar-refractivity contribution < 1.29 is 4.74 Å². The van der Waals surface area contributed by atoms with Crippen LogP contribution in [0, 0.1) is 6.92 Å². The van der Waals surface area contributed by atoms with Crippen LogP contribution in [0.5, 0.6) is 0 Å². The van der Waals surface area contributed by atoms with Gasteiger partial charge in [-0.2, -0.15) is 0 Å². The molecule has 4 nitrogen and oxygen atoms in total. The topological polar surface area (TPSA) is 50.5 Å². The van der Waals surface area contributed by atoms with Crippen LogP contribution >= 0.6 is 0 Å². The van der Waals surface area contributed by atoms with Gasteiger partial charge in [0, 0.05) is 38.1 Å². The van der Waals surface area contributed by atoms with Gasteiger partial charge < -0.3 is 20.7 Å². The molecule has 0 aromatic heterocycles. The SMILES string of the molecule is COCCN(C)CCNc1ccc(N)cc1C. The van der Waals surface area contributed by atoms with Crippen molar-refractivity contribution in [3.8, 4) is 0 Å². The van der Waals surface area contributed by atoms with Crippen LogP contribution in [-0.2, 0) is 4.74 Å². The molecule has 0 aliphatic carbocycles. The molecule has 96 valence electrons. The zero-order chi connectivity index (χ0) is 12.7. The summed E-state index contributed by atoms with van der Waals surface area (Å²) in [6, 6.07) is 5.93. The number of hydrogen-bond donors (Lipinski definition) is 2. The van der Waals surface area contributed by atoms with Gasteiger partial charge in [-0.15, -0.1) is 0 Å². The molecule has 0 unspecified atom stereocenters. The van der Waals surface area contributed by atoms with E-state index in [0.29, 0.717) is 0 Å². The van der Waals surface area contributed by atoms with Crippen molar-refractivity contribution in [3.63, 3.8) is 0 Å². The molecule has 0 aliphatic heterocycles. The Morgan fingerprint density at radius 1 is 1.35 bits per heavy atom. The van der Waals surface area contributed by atoms with E-state index in [2.05, 4.69) is 24.2 Å². The van der Waals surface area contributed by atoms with Crippen LogP contribution in [0.2, 0.25) is 0 Å². The first-order valence-corrected chi connectivity index (χ1v) is 5.91. The van der Waals surface area contributed by atoms with Gasteiger partial charge in [0.05, 0.1) is 6.61 Å². The Bertz CT molecular complexity index is 341. The minimum atomic E-state index is 0.775. The summed E-state index contributed by atoms with van der Waals surface area (Å²) in [5.74, 6) is 0. The molecule has 1 aromatic carbocycles. The minimum Gasteiger partial charge on any atom is -0.399 e. The number of ether oxygens (including phenoxy) is 1. The second kappa shape index (κ2) is 7.14. The first-order valence-electron chi connectivity index (χ1n) is 5.91. The molecule has 1 rings (SSSR count). The number of nitrogen functional groups attached to an aromatic ring is 1. The van der Waals surface area contributed by atoms with E-state index in [9.17, 15) is 0 Å². The van der Waals surface area contributed by atoms with Crippen molar-refractivity contribution in [2.24, 2.45) is 0 Å². The molecule has 0 radical (unpaired) electrons. The summed E-state index contributed by atoms with van der Waals surface area (Å²) < 4.78 is 5.03. The Morgan fingerprint density at radius 2 is 2.12 bits per heavy atom. The van der Waals surface area contributed by atoms with Gasteiger partial charge in [0.2, 0.25) is 0 Å². The third-order valence-corrected chi connectivity index (χ3v) is 2.74. The van der Waals surface area contributed by atoms with E-state index >= 15 is 0 Å². The fourth-order valence-corrected chi connectivity index (χ4v) is 1.63. The number of aryl methyl sites for hydroxylation is 1. The van der Waals surface area contributed by atoms with Crippen LogP contribution in [-0.4, -0.2) is 45.3 Å². The summed E-state index contributed by atoms with van der Waals surface area (Å²) in [6.45, 7) is 5.71. The van der Waals surface area contributed by atoms with Crippen LogP contribution < -0.4 is 11.1 Å². The molecule has 0 heterocycles. The molecule has 1 aromatic rings. The summed E-state index contributed by atoms with van der Waals surface area (Å²) in [5, 5.41) is 3.41. The first kappa shape index (κ1) is 13.8. The predicted molar refractivity (Wildman–Crippen MR) is 73.5 cm³/mol. The number of likely N-dealkylation sites (N-methyl/N-ethyl adjacent to an activating group) is 1. The number of nitrogens with two attached hydrogens (primary N) is 1. The first-order chi connectivity index (χ1) is 8.13. The van der Waals surface area contributed by atoms with Gasteiger partial charge in [0.1, 0.15) is 0 Å². The minimum absolute atomic E-state index is 0.775. The highest BCUT2D eigenvalue weighted by Crippen LogP contribution is 2.17. The molecule has 0 saturated heterocycles. The molecule has 0 atom stereocenters. The summed E-state index contributed by atoms with van der Waals surface area (Å²) in [6.07, 6.45) is 0. The molecule has 0 aliphatic rings. The maximum Gasteiger partial charge on any atom is 0.0589 e. The van der Waals surface area contributed by atoms with E-state index < -0.39 is 0 Å². The lowest BCUT2D eigenvalue weighted by atomic mass is 10.2. The maximum absolute atomic E-state index is 5.71. The van der Waals surface area contributed by atoms with Crippen LogP contribution in [0.4, 0.5) is 11.4 Å². The third-order valence-electron chi connectivity index (χ3n) is 2.74. The Labute approximate surface area is 104 Å². The van der Waals surface area contributed by atoms with Crippen molar-refractivity contribution in [1.29, 1.82) is 0 Å². The van der Waals surface area contributed by atoms with Crippen molar-refractivity contribution in [1.82, 2.24) is 4.90 Å². The highest BCUT2D eigenvalue weighted by Gasteiger charge is 2.00. The molecule has 0 spiro atoms. The standard InChI is InChI=1S/C13H23N3O/c1-11-10-12(14)4-5-13(11)15-6-7-16(2)8-9-17-3/h4-5,10,15H,6-9,14H2,1-3H3. The van der Waals surface area contributed by atoms with Crippen LogP contribution in [0.15, 0.2) is 18.2 Å². The summed E-state index contributed by atoms with van der Waals surface area (Å²) >= 11 is 0. The predicted octanol–water partition coefficient (Wildman–Crippen LogP) is 1.57. The molecule has 0 amide bonds. The van der Waals surface area contributed by atoms with E-state index in [-0.39, 0.29) is 0 Å². The summed E-state index contributed by atoms with van der Waals surface area (Å²) in [7, 11) is 3.82. The lowest BCUT2D eigenvalue weighted by molar-refractivity contribution is 0.163. The zero-order valence-electron chi connectivity index (χ0n) is 11.0. The Morgan fingerprint density at radius 3 is 2.76 bits per heavy atom. The van der Waals surface area contributed by atoms with Crippen molar-refractivity contribution >= 4 is 11.4 Å². The van der Waals surface area contributed by atoms with Crippen LogP contribution in [0.3, 0.4) is 0 Å².